The van der Waals surface area contributed by atoms with E-state index in [1.807, 2.05) is 13.8 Å². The highest BCUT2D eigenvalue weighted by atomic mass is 19.1. The first-order valence-electron chi connectivity index (χ1n) is 12.8. The maximum absolute atomic E-state index is 15.0. The van der Waals surface area contributed by atoms with Crippen LogP contribution < -0.4 is 20.7 Å². The minimum Gasteiger partial charge on any atom is -0.492 e. The Morgan fingerprint density at radius 3 is 2.63 bits per heavy atom. The predicted octanol–water partition coefficient (Wildman–Crippen LogP) is 4.93. The Bertz CT molecular complexity index is 1120. The summed E-state index contributed by atoms with van der Waals surface area (Å²) in [4.78, 5) is 18.7. The van der Waals surface area contributed by atoms with Crippen molar-refractivity contribution >= 4 is 29.3 Å². The van der Waals surface area contributed by atoms with Gasteiger partial charge in [0.15, 0.2) is 0 Å². The van der Waals surface area contributed by atoms with Crippen LogP contribution in [-0.4, -0.2) is 63.1 Å². The molecule has 0 bridgehead atoms. The van der Waals surface area contributed by atoms with Crippen LogP contribution in [0.5, 0.6) is 5.75 Å². The molecule has 1 aliphatic heterocycles. The van der Waals surface area contributed by atoms with Crippen LogP contribution in [0.2, 0.25) is 0 Å². The molecule has 1 aliphatic rings. The number of nitriles is 1. The van der Waals surface area contributed by atoms with E-state index < -0.39 is 11.2 Å². The van der Waals surface area contributed by atoms with Gasteiger partial charge in [-0.3, -0.25) is 9.89 Å². The Labute approximate surface area is 224 Å². The molecule has 1 saturated heterocycles. The van der Waals surface area contributed by atoms with Gasteiger partial charge in [-0.1, -0.05) is 0 Å². The van der Waals surface area contributed by atoms with Crippen LogP contribution in [0.4, 0.5) is 26.2 Å². The van der Waals surface area contributed by atoms with Crippen molar-refractivity contribution in [2.24, 2.45) is 10.4 Å². The Hall–Kier alpha value is -3.68. The van der Waals surface area contributed by atoms with E-state index in [2.05, 4.69) is 31.9 Å². The van der Waals surface area contributed by atoms with E-state index in [-0.39, 0.29) is 12.6 Å². The summed E-state index contributed by atoms with van der Waals surface area (Å²) in [6, 6.07) is 12.1. The lowest BCUT2D eigenvalue weighted by Crippen LogP contribution is -2.38. The van der Waals surface area contributed by atoms with E-state index >= 15 is 4.39 Å². The molecular formula is C28H37FN6O3. The van der Waals surface area contributed by atoms with Crippen LogP contribution in [0.25, 0.3) is 0 Å². The molecule has 0 radical (unpaired) electrons. The lowest BCUT2D eigenvalue weighted by Gasteiger charge is -2.26. The summed E-state index contributed by atoms with van der Waals surface area (Å²) in [5.41, 5.74) is 1.84. The summed E-state index contributed by atoms with van der Waals surface area (Å²) in [6.45, 7) is 10.5. The number of ether oxygens (including phenoxy) is 2. The topological polar surface area (TPSA) is 111 Å². The summed E-state index contributed by atoms with van der Waals surface area (Å²) in [6.07, 6.45) is 2.19. The van der Waals surface area contributed by atoms with Gasteiger partial charge in [-0.2, -0.15) is 5.26 Å². The zero-order valence-electron chi connectivity index (χ0n) is 22.3. The summed E-state index contributed by atoms with van der Waals surface area (Å²) < 4.78 is 26.2. The quantitative estimate of drug-likeness (QED) is 0.340. The largest absolute Gasteiger partial charge is 0.492 e. The molecule has 0 unspecified atom stereocenters. The van der Waals surface area contributed by atoms with Gasteiger partial charge in [0.25, 0.3) is 0 Å². The molecule has 2 amide bonds. The first-order chi connectivity index (χ1) is 18.3. The van der Waals surface area contributed by atoms with Gasteiger partial charge >= 0.3 is 6.03 Å². The number of morpholine rings is 1. The lowest BCUT2D eigenvalue weighted by atomic mass is 9.92. The fourth-order valence-electron chi connectivity index (χ4n) is 3.81. The van der Waals surface area contributed by atoms with E-state index in [9.17, 15) is 4.79 Å². The van der Waals surface area contributed by atoms with Gasteiger partial charge < -0.3 is 25.4 Å². The van der Waals surface area contributed by atoms with Crippen molar-refractivity contribution in [2.75, 3.05) is 56.6 Å². The highest BCUT2D eigenvalue weighted by Crippen LogP contribution is 2.29. The first kappa shape index (κ1) is 28.9. The van der Waals surface area contributed by atoms with E-state index in [1.54, 1.807) is 43.5 Å². The third-order valence-corrected chi connectivity index (χ3v) is 6.14. The highest BCUT2D eigenvalue weighted by Gasteiger charge is 2.16. The molecule has 0 aromatic heterocycles. The minimum absolute atomic E-state index is 0.231. The molecule has 9 nitrogen and oxygen atoms in total. The number of carbonyl (C=O) groups excluding carboxylic acids is 1. The van der Waals surface area contributed by atoms with Crippen molar-refractivity contribution < 1.29 is 18.7 Å². The molecule has 0 aliphatic carbocycles. The summed E-state index contributed by atoms with van der Waals surface area (Å²) in [7, 11) is 0. The second kappa shape index (κ2) is 14.3. The molecular weight excluding hydrogens is 487 g/mol. The Morgan fingerprint density at radius 2 is 1.95 bits per heavy atom. The number of nitrogens with zero attached hydrogens (tertiary/aromatic N) is 3. The Morgan fingerprint density at radius 1 is 1.24 bits per heavy atom. The first-order valence-corrected chi connectivity index (χ1v) is 12.8. The van der Waals surface area contributed by atoms with Crippen LogP contribution in [0, 0.1) is 22.6 Å². The van der Waals surface area contributed by atoms with Crippen molar-refractivity contribution in [1.29, 1.82) is 5.26 Å². The van der Waals surface area contributed by atoms with Gasteiger partial charge in [-0.25, -0.2) is 9.18 Å². The normalized spacial score (nSPS) is 14.2. The Kier molecular flexibility index (Phi) is 10.9. The number of hydrogen-bond donors (Lipinski definition) is 3. The molecule has 0 saturated carbocycles. The predicted molar refractivity (Wildman–Crippen MR) is 148 cm³/mol. The van der Waals surface area contributed by atoms with E-state index in [1.165, 1.54) is 6.07 Å². The average Bonchev–Trinajstić information content (AvgIpc) is 2.90. The smallest absolute Gasteiger partial charge is 0.319 e. The van der Waals surface area contributed by atoms with Crippen molar-refractivity contribution in [3.63, 3.8) is 0 Å². The fourth-order valence-corrected chi connectivity index (χ4v) is 3.81. The average molecular weight is 525 g/mol. The van der Waals surface area contributed by atoms with Crippen molar-refractivity contribution in [3.8, 4) is 11.8 Å². The third-order valence-electron chi connectivity index (χ3n) is 6.14. The number of aliphatic imine (C=N–C) groups is 1. The molecule has 0 atom stereocenters. The monoisotopic (exact) mass is 524 g/mol. The number of anilines is 2. The van der Waals surface area contributed by atoms with E-state index in [0.29, 0.717) is 42.3 Å². The van der Waals surface area contributed by atoms with E-state index in [4.69, 9.17) is 14.7 Å². The molecule has 204 valence electrons. The molecule has 1 heterocycles. The molecule has 10 heteroatoms. The highest BCUT2D eigenvalue weighted by molar-refractivity contribution is 5.89. The number of nitrogens with one attached hydrogen (secondary N) is 3. The molecule has 0 spiro atoms. The van der Waals surface area contributed by atoms with Crippen LogP contribution in [0.3, 0.4) is 0 Å². The second-order valence-corrected chi connectivity index (χ2v) is 9.65. The van der Waals surface area contributed by atoms with Gasteiger partial charge in [-0.05, 0) is 51.5 Å². The maximum Gasteiger partial charge on any atom is 0.319 e. The van der Waals surface area contributed by atoms with E-state index in [0.717, 1.165) is 38.5 Å². The van der Waals surface area contributed by atoms with Crippen LogP contribution in [0.1, 0.15) is 32.8 Å². The fraction of sp³-hybridized carbons (Fsp3) is 0.464. The number of halogens is 1. The maximum atomic E-state index is 15.0. The zero-order valence-corrected chi connectivity index (χ0v) is 22.3. The molecule has 2 aromatic rings. The summed E-state index contributed by atoms with van der Waals surface area (Å²) in [5, 5.41) is 17.8. The molecule has 1 fully saturated rings. The Balaban J connectivity index is 1.52. The number of hydrogen-bond acceptors (Lipinski definition) is 7. The number of urea groups is 1. The molecule has 2 aromatic carbocycles. The molecule has 3 rings (SSSR count). The SMILES string of the molecule is CC=Nc1cc(OCCN2CCOCC2)cc(F)c1CNc1ccc(NC(=O)NCCC(C)(C)C#N)cc1. The van der Waals surface area contributed by atoms with Gasteiger partial charge in [-0.15, -0.1) is 0 Å². The number of amides is 2. The van der Waals surface area contributed by atoms with Crippen LogP contribution >= 0.6 is 0 Å². The van der Waals surface area contributed by atoms with Crippen molar-refractivity contribution in [1.82, 2.24) is 10.2 Å². The van der Waals surface area contributed by atoms with Crippen molar-refractivity contribution in [3.05, 3.63) is 47.8 Å². The van der Waals surface area contributed by atoms with Crippen LogP contribution in [-0.2, 0) is 11.3 Å². The van der Waals surface area contributed by atoms with Gasteiger partial charge in [0.05, 0.1) is 30.4 Å². The number of benzene rings is 2. The summed E-state index contributed by atoms with van der Waals surface area (Å²) >= 11 is 0. The van der Waals surface area contributed by atoms with Gasteiger partial charge in [0, 0.05) is 68.0 Å². The van der Waals surface area contributed by atoms with Crippen LogP contribution in [0.15, 0.2) is 41.4 Å². The minimum atomic E-state index is -0.487. The van der Waals surface area contributed by atoms with Crippen molar-refractivity contribution in [2.45, 2.75) is 33.7 Å². The third kappa shape index (κ3) is 9.32. The summed E-state index contributed by atoms with van der Waals surface area (Å²) in [5.74, 6) is 0.0570. The molecule has 38 heavy (non-hydrogen) atoms. The zero-order chi connectivity index (χ0) is 27.4. The standard InChI is InChI=1S/C28H37FN6O3/c1-4-31-26-18-23(38-16-13-35-11-14-37-15-12-35)17-25(29)24(26)19-33-21-5-7-22(8-6-21)34-27(36)32-10-9-28(2,3)20-30/h4-8,17-18,33H,9-16,19H2,1-3H3,(H2,32,34,36). The van der Waals surface area contributed by atoms with Gasteiger partial charge in [0.2, 0.25) is 0 Å². The van der Waals surface area contributed by atoms with Gasteiger partial charge in [0.1, 0.15) is 18.2 Å². The second-order valence-electron chi connectivity index (χ2n) is 9.65. The number of carbonyl (C=O) groups is 1. The molecule has 3 N–H and O–H groups in total. The lowest BCUT2D eigenvalue weighted by molar-refractivity contribution is 0.0322. The number of rotatable bonds is 12.